The zero-order chi connectivity index (χ0) is 38.4. The summed E-state index contributed by atoms with van der Waals surface area (Å²) in [4.78, 5) is 13.0. The van der Waals surface area contributed by atoms with Crippen molar-refractivity contribution in [1.82, 2.24) is 5.32 Å². The van der Waals surface area contributed by atoms with Crippen LogP contribution in [-0.4, -0.2) is 98.7 Å². The number of carbonyl (C=O) groups is 1. The SMILES string of the molecule is CCCCCCCC=CC(C)=CCCC=CC(O)C(COC1OC(CO)C(O)C(O)C1O)NC(=O)C(O)CCCCCCCCCCCCCCC. The molecule has 0 aromatic carbocycles. The number of amides is 1. The molecule has 0 spiro atoms. The van der Waals surface area contributed by atoms with Gasteiger partial charge in [-0.1, -0.05) is 159 Å². The van der Waals surface area contributed by atoms with Crippen LogP contribution in [0.5, 0.6) is 0 Å². The Bertz CT molecular complexity index is 956. The second kappa shape index (κ2) is 31.7. The second-order valence-corrected chi connectivity index (χ2v) is 14.7. The van der Waals surface area contributed by atoms with E-state index in [-0.39, 0.29) is 6.61 Å². The van der Waals surface area contributed by atoms with Crippen LogP contribution in [0.4, 0.5) is 0 Å². The minimum atomic E-state index is -1.62. The van der Waals surface area contributed by atoms with E-state index in [0.29, 0.717) is 19.3 Å². The van der Waals surface area contributed by atoms with Gasteiger partial charge in [-0.05, 0) is 39.0 Å². The molecule has 1 rings (SSSR count). The lowest BCUT2D eigenvalue weighted by Gasteiger charge is -2.40. The molecule has 10 heteroatoms. The molecule has 0 saturated carbocycles. The molecule has 304 valence electrons. The minimum absolute atomic E-state index is 0.300. The van der Waals surface area contributed by atoms with Gasteiger partial charge in [0.2, 0.25) is 5.91 Å². The van der Waals surface area contributed by atoms with Crippen molar-refractivity contribution in [3.8, 4) is 0 Å². The first-order valence-electron chi connectivity index (χ1n) is 20.7. The molecule has 1 fully saturated rings. The monoisotopic (exact) mass is 740 g/mol. The number of carbonyl (C=O) groups excluding carboxylic acids is 1. The van der Waals surface area contributed by atoms with Crippen LogP contribution >= 0.6 is 0 Å². The zero-order valence-electron chi connectivity index (χ0n) is 32.9. The number of aliphatic hydroxyl groups excluding tert-OH is 6. The predicted molar refractivity (Wildman–Crippen MR) is 209 cm³/mol. The summed E-state index contributed by atoms with van der Waals surface area (Å²) >= 11 is 0. The molecule has 8 atom stereocenters. The number of unbranched alkanes of at least 4 members (excludes halogenated alkanes) is 18. The second-order valence-electron chi connectivity index (χ2n) is 14.7. The molecule has 1 aliphatic rings. The number of hydrogen-bond acceptors (Lipinski definition) is 9. The van der Waals surface area contributed by atoms with Crippen LogP contribution in [-0.2, 0) is 14.3 Å². The summed E-state index contributed by atoms with van der Waals surface area (Å²) in [6.45, 7) is 5.59. The quantitative estimate of drug-likeness (QED) is 0.0226. The van der Waals surface area contributed by atoms with E-state index in [1.165, 1.54) is 95.5 Å². The molecule has 1 heterocycles. The van der Waals surface area contributed by atoms with Crippen LogP contribution < -0.4 is 5.32 Å². The Morgan fingerprint density at radius 3 is 1.87 bits per heavy atom. The van der Waals surface area contributed by atoms with E-state index in [0.717, 1.165) is 32.1 Å². The Labute approximate surface area is 315 Å². The molecule has 0 aliphatic carbocycles. The van der Waals surface area contributed by atoms with Crippen molar-refractivity contribution in [2.75, 3.05) is 13.2 Å². The molecule has 1 saturated heterocycles. The van der Waals surface area contributed by atoms with E-state index in [4.69, 9.17) is 9.47 Å². The van der Waals surface area contributed by atoms with E-state index in [1.807, 2.05) is 6.08 Å². The summed E-state index contributed by atoms with van der Waals surface area (Å²) in [6.07, 6.45) is 24.8. The van der Waals surface area contributed by atoms with E-state index < -0.39 is 61.5 Å². The Hall–Kier alpha value is -1.63. The van der Waals surface area contributed by atoms with Gasteiger partial charge in [0.25, 0.3) is 0 Å². The molecular weight excluding hydrogens is 662 g/mol. The molecule has 1 amide bonds. The van der Waals surface area contributed by atoms with Gasteiger partial charge in [-0.2, -0.15) is 0 Å². The highest BCUT2D eigenvalue weighted by molar-refractivity contribution is 5.80. The maximum absolute atomic E-state index is 13.0. The molecule has 10 nitrogen and oxygen atoms in total. The lowest BCUT2D eigenvalue weighted by molar-refractivity contribution is -0.302. The highest BCUT2D eigenvalue weighted by atomic mass is 16.7. The standard InChI is InChI=1S/C42H77NO9/c1-4-6-8-10-12-13-14-15-16-17-19-21-25-30-36(46)41(50)43-34(32-51-42-40(49)39(48)38(47)37(31-44)52-42)35(45)29-26-22-24-28-33(3)27-23-20-18-11-9-7-5-2/h23,26-29,34-40,42,44-49H,4-22,24-25,30-32H2,1-3H3,(H,43,50). The van der Waals surface area contributed by atoms with E-state index in [9.17, 15) is 35.4 Å². The van der Waals surface area contributed by atoms with E-state index in [1.54, 1.807) is 6.08 Å². The smallest absolute Gasteiger partial charge is 0.249 e. The average Bonchev–Trinajstić information content (AvgIpc) is 3.14. The van der Waals surface area contributed by atoms with Crippen molar-refractivity contribution in [2.45, 2.75) is 211 Å². The normalized spacial score (nSPS) is 23.0. The summed E-state index contributed by atoms with van der Waals surface area (Å²) in [5, 5.41) is 64.5. The number of nitrogens with one attached hydrogen (secondary N) is 1. The molecule has 0 radical (unpaired) electrons. The third kappa shape index (κ3) is 22.6. The first-order valence-corrected chi connectivity index (χ1v) is 20.7. The lowest BCUT2D eigenvalue weighted by Crippen LogP contribution is -2.60. The summed E-state index contributed by atoms with van der Waals surface area (Å²) in [5.74, 6) is -0.635. The van der Waals surface area contributed by atoms with Crippen LogP contribution in [0.1, 0.15) is 162 Å². The van der Waals surface area contributed by atoms with Crippen LogP contribution in [0.15, 0.2) is 36.0 Å². The Balaban J connectivity index is 2.59. The van der Waals surface area contributed by atoms with Crippen LogP contribution in [0.25, 0.3) is 0 Å². The maximum Gasteiger partial charge on any atom is 0.249 e. The van der Waals surface area contributed by atoms with Crippen molar-refractivity contribution in [2.24, 2.45) is 0 Å². The fourth-order valence-corrected chi connectivity index (χ4v) is 6.37. The Kier molecular flexibility index (Phi) is 29.5. The third-order valence-electron chi connectivity index (χ3n) is 9.90. The molecule has 1 aliphatic heterocycles. The minimum Gasteiger partial charge on any atom is -0.394 e. The van der Waals surface area contributed by atoms with Gasteiger partial charge in [-0.25, -0.2) is 0 Å². The van der Waals surface area contributed by atoms with Gasteiger partial charge in [-0.3, -0.25) is 4.79 Å². The van der Waals surface area contributed by atoms with Crippen LogP contribution in [0, 0.1) is 0 Å². The highest BCUT2D eigenvalue weighted by Gasteiger charge is 2.44. The van der Waals surface area contributed by atoms with Gasteiger partial charge < -0.3 is 45.4 Å². The summed E-state index contributed by atoms with van der Waals surface area (Å²) in [5.41, 5.74) is 1.18. The first kappa shape index (κ1) is 48.4. The molecule has 0 aromatic rings. The number of aliphatic hydroxyl groups is 6. The number of rotatable bonds is 32. The van der Waals surface area contributed by atoms with Crippen molar-refractivity contribution < 1.29 is 44.9 Å². The van der Waals surface area contributed by atoms with E-state index in [2.05, 4.69) is 44.3 Å². The fourth-order valence-electron chi connectivity index (χ4n) is 6.37. The van der Waals surface area contributed by atoms with Crippen molar-refractivity contribution in [1.29, 1.82) is 0 Å². The number of ether oxygens (including phenoxy) is 2. The Morgan fingerprint density at radius 2 is 1.29 bits per heavy atom. The lowest BCUT2D eigenvalue weighted by atomic mass is 9.99. The molecule has 0 aromatic heterocycles. The van der Waals surface area contributed by atoms with Crippen molar-refractivity contribution in [3.63, 3.8) is 0 Å². The largest absolute Gasteiger partial charge is 0.394 e. The van der Waals surface area contributed by atoms with Gasteiger partial charge >= 0.3 is 0 Å². The molecule has 0 bridgehead atoms. The topological polar surface area (TPSA) is 169 Å². The summed E-state index contributed by atoms with van der Waals surface area (Å²) in [7, 11) is 0. The number of hydrogen-bond donors (Lipinski definition) is 7. The average molecular weight is 740 g/mol. The fraction of sp³-hybridized carbons (Fsp3) is 0.833. The number of allylic oxidation sites excluding steroid dienone is 5. The van der Waals surface area contributed by atoms with Gasteiger partial charge in [0.1, 0.15) is 30.5 Å². The molecular formula is C42H77NO9. The van der Waals surface area contributed by atoms with Gasteiger partial charge in [0, 0.05) is 0 Å². The van der Waals surface area contributed by atoms with Crippen LogP contribution in [0.2, 0.25) is 0 Å². The summed E-state index contributed by atoms with van der Waals surface area (Å²) in [6, 6.07) is -1.00. The third-order valence-corrected chi connectivity index (χ3v) is 9.90. The van der Waals surface area contributed by atoms with Gasteiger partial charge in [0.15, 0.2) is 6.29 Å². The highest BCUT2D eigenvalue weighted by Crippen LogP contribution is 2.22. The van der Waals surface area contributed by atoms with Crippen molar-refractivity contribution in [3.05, 3.63) is 36.0 Å². The van der Waals surface area contributed by atoms with Gasteiger partial charge in [0.05, 0.1) is 25.4 Å². The first-order chi connectivity index (χ1) is 25.2. The van der Waals surface area contributed by atoms with Crippen LogP contribution in [0.3, 0.4) is 0 Å². The molecule has 7 N–H and O–H groups in total. The van der Waals surface area contributed by atoms with Gasteiger partial charge in [-0.15, -0.1) is 0 Å². The van der Waals surface area contributed by atoms with Crippen molar-refractivity contribution >= 4 is 5.91 Å². The summed E-state index contributed by atoms with van der Waals surface area (Å²) < 4.78 is 11.1. The Morgan fingerprint density at radius 1 is 0.731 bits per heavy atom. The predicted octanol–water partition coefficient (Wildman–Crippen LogP) is 6.69. The van der Waals surface area contributed by atoms with E-state index >= 15 is 0 Å². The molecule has 8 unspecified atom stereocenters. The molecule has 52 heavy (non-hydrogen) atoms. The maximum atomic E-state index is 13.0. The zero-order valence-corrected chi connectivity index (χ0v) is 32.9.